The van der Waals surface area contributed by atoms with Crippen LogP contribution in [-0.2, 0) is 17.8 Å². The molecular weight excluding hydrogens is 248 g/mol. The Hall–Kier alpha value is -1.35. The molecule has 1 aromatic rings. The number of carbonyl (C=O) groups excluding carboxylic acids is 1. The average Bonchev–Trinajstić information content (AvgIpc) is 2.44. The lowest BCUT2D eigenvalue weighted by molar-refractivity contribution is -0.124. The molecule has 1 aliphatic heterocycles. The molecule has 0 spiro atoms. The summed E-state index contributed by atoms with van der Waals surface area (Å²) in [5.74, 6) is 0.184. The quantitative estimate of drug-likeness (QED) is 0.915. The Kier molecular flexibility index (Phi) is 4.48. The van der Waals surface area contributed by atoms with Gasteiger partial charge in [-0.2, -0.15) is 0 Å². The summed E-state index contributed by atoms with van der Waals surface area (Å²) in [4.78, 5) is 14.2. The SMILES string of the molecule is CC(C)C(=O)NCC(C)(C)N1CCc2ccccc2C1. The number of hydrogen-bond acceptors (Lipinski definition) is 2. The molecule has 0 radical (unpaired) electrons. The third kappa shape index (κ3) is 3.40. The van der Waals surface area contributed by atoms with Gasteiger partial charge in [0.05, 0.1) is 0 Å². The molecule has 110 valence electrons. The van der Waals surface area contributed by atoms with E-state index < -0.39 is 0 Å². The number of amides is 1. The number of hydrogen-bond donors (Lipinski definition) is 1. The first-order chi connectivity index (χ1) is 9.40. The lowest BCUT2D eigenvalue weighted by atomic mass is 9.94. The Balaban J connectivity index is 1.99. The van der Waals surface area contributed by atoms with E-state index in [1.807, 2.05) is 13.8 Å². The number of rotatable bonds is 4. The predicted molar refractivity (Wildman–Crippen MR) is 82.5 cm³/mol. The van der Waals surface area contributed by atoms with Gasteiger partial charge in [-0.3, -0.25) is 9.69 Å². The van der Waals surface area contributed by atoms with Crippen molar-refractivity contribution in [3.05, 3.63) is 35.4 Å². The predicted octanol–water partition coefficient (Wildman–Crippen LogP) is 2.60. The lowest BCUT2D eigenvalue weighted by Gasteiger charge is -2.41. The molecule has 0 aliphatic carbocycles. The number of carbonyl (C=O) groups is 1. The van der Waals surface area contributed by atoms with E-state index in [9.17, 15) is 4.79 Å². The highest BCUT2D eigenvalue weighted by Crippen LogP contribution is 2.24. The summed E-state index contributed by atoms with van der Waals surface area (Å²) in [7, 11) is 0. The van der Waals surface area contributed by atoms with Crippen molar-refractivity contribution in [1.29, 1.82) is 0 Å². The topological polar surface area (TPSA) is 32.3 Å². The van der Waals surface area contributed by atoms with E-state index in [-0.39, 0.29) is 17.4 Å². The summed E-state index contributed by atoms with van der Waals surface area (Å²) in [6.45, 7) is 11.0. The fraction of sp³-hybridized carbons (Fsp3) is 0.588. The van der Waals surface area contributed by atoms with Crippen LogP contribution < -0.4 is 5.32 Å². The molecular formula is C17H26N2O. The Morgan fingerprint density at radius 2 is 1.95 bits per heavy atom. The van der Waals surface area contributed by atoms with Crippen molar-refractivity contribution in [2.24, 2.45) is 5.92 Å². The summed E-state index contributed by atoms with van der Waals surface area (Å²) in [6, 6.07) is 8.66. The second-order valence-electron chi connectivity index (χ2n) is 6.63. The molecule has 3 heteroatoms. The highest BCUT2D eigenvalue weighted by Gasteiger charge is 2.30. The van der Waals surface area contributed by atoms with Gasteiger partial charge in [0.2, 0.25) is 5.91 Å². The normalized spacial score (nSPS) is 16.1. The van der Waals surface area contributed by atoms with Crippen LogP contribution in [0.15, 0.2) is 24.3 Å². The van der Waals surface area contributed by atoms with Crippen molar-refractivity contribution in [2.45, 2.75) is 46.2 Å². The van der Waals surface area contributed by atoms with Gasteiger partial charge < -0.3 is 5.32 Å². The first-order valence-electron chi connectivity index (χ1n) is 7.50. The molecule has 0 fully saturated rings. The molecule has 0 saturated carbocycles. The Morgan fingerprint density at radius 1 is 1.30 bits per heavy atom. The van der Waals surface area contributed by atoms with Crippen LogP contribution in [-0.4, -0.2) is 29.4 Å². The third-order valence-corrected chi connectivity index (χ3v) is 4.21. The van der Waals surface area contributed by atoms with Gasteiger partial charge in [-0.1, -0.05) is 38.1 Å². The minimum absolute atomic E-state index is 0.0158. The summed E-state index contributed by atoms with van der Waals surface area (Å²) in [5, 5.41) is 3.06. The van der Waals surface area contributed by atoms with Crippen LogP contribution in [0.5, 0.6) is 0 Å². The van der Waals surface area contributed by atoms with Gasteiger partial charge in [-0.15, -0.1) is 0 Å². The Morgan fingerprint density at radius 3 is 2.60 bits per heavy atom. The Labute approximate surface area is 122 Å². The number of benzene rings is 1. The van der Waals surface area contributed by atoms with Gasteiger partial charge in [-0.25, -0.2) is 0 Å². The maximum Gasteiger partial charge on any atom is 0.222 e. The van der Waals surface area contributed by atoms with Gasteiger partial charge in [0.15, 0.2) is 0 Å². The minimum Gasteiger partial charge on any atom is -0.354 e. The van der Waals surface area contributed by atoms with E-state index in [2.05, 4.69) is 48.3 Å². The van der Waals surface area contributed by atoms with Crippen LogP contribution in [0.25, 0.3) is 0 Å². The number of fused-ring (bicyclic) bond motifs is 1. The van der Waals surface area contributed by atoms with Gasteiger partial charge in [0, 0.05) is 31.1 Å². The molecule has 1 N–H and O–H groups in total. The van der Waals surface area contributed by atoms with Crippen LogP contribution in [0, 0.1) is 5.92 Å². The van der Waals surface area contributed by atoms with E-state index in [0.29, 0.717) is 6.54 Å². The summed E-state index contributed by atoms with van der Waals surface area (Å²) in [5.41, 5.74) is 2.87. The fourth-order valence-corrected chi connectivity index (χ4v) is 2.63. The van der Waals surface area contributed by atoms with Gasteiger partial charge in [-0.05, 0) is 31.4 Å². The van der Waals surface area contributed by atoms with Crippen molar-refractivity contribution >= 4 is 5.91 Å². The van der Waals surface area contributed by atoms with Crippen molar-refractivity contribution in [2.75, 3.05) is 13.1 Å². The van der Waals surface area contributed by atoms with Crippen molar-refractivity contribution in [1.82, 2.24) is 10.2 Å². The average molecular weight is 274 g/mol. The summed E-state index contributed by atoms with van der Waals surface area (Å²) in [6.07, 6.45) is 1.09. The van der Waals surface area contributed by atoms with Gasteiger partial charge in [0.1, 0.15) is 0 Å². The number of nitrogens with zero attached hydrogens (tertiary/aromatic N) is 1. The largest absolute Gasteiger partial charge is 0.354 e. The zero-order valence-corrected chi connectivity index (χ0v) is 13.1. The molecule has 0 aromatic heterocycles. The fourth-order valence-electron chi connectivity index (χ4n) is 2.63. The molecule has 20 heavy (non-hydrogen) atoms. The maximum atomic E-state index is 11.7. The molecule has 0 unspecified atom stereocenters. The van der Waals surface area contributed by atoms with E-state index in [0.717, 1.165) is 19.5 Å². The van der Waals surface area contributed by atoms with Crippen LogP contribution in [0.3, 0.4) is 0 Å². The molecule has 0 saturated heterocycles. The minimum atomic E-state index is -0.0158. The second kappa shape index (κ2) is 5.96. The van der Waals surface area contributed by atoms with Crippen molar-refractivity contribution < 1.29 is 4.79 Å². The first-order valence-corrected chi connectivity index (χ1v) is 7.50. The first kappa shape index (κ1) is 15.0. The molecule has 2 rings (SSSR count). The molecule has 1 aliphatic rings. The number of nitrogens with one attached hydrogen (secondary N) is 1. The molecule has 0 bridgehead atoms. The molecule has 3 nitrogen and oxygen atoms in total. The molecule has 1 amide bonds. The van der Waals surface area contributed by atoms with Gasteiger partial charge >= 0.3 is 0 Å². The van der Waals surface area contributed by atoms with Crippen molar-refractivity contribution in [3.63, 3.8) is 0 Å². The Bertz CT molecular complexity index is 480. The van der Waals surface area contributed by atoms with E-state index in [1.54, 1.807) is 0 Å². The molecule has 1 heterocycles. The van der Waals surface area contributed by atoms with E-state index >= 15 is 0 Å². The molecule has 1 aromatic carbocycles. The highest BCUT2D eigenvalue weighted by molar-refractivity contribution is 5.77. The molecule has 0 atom stereocenters. The zero-order chi connectivity index (χ0) is 14.8. The van der Waals surface area contributed by atoms with E-state index in [1.165, 1.54) is 11.1 Å². The van der Waals surface area contributed by atoms with Crippen LogP contribution in [0.2, 0.25) is 0 Å². The van der Waals surface area contributed by atoms with Crippen molar-refractivity contribution in [3.8, 4) is 0 Å². The summed E-state index contributed by atoms with van der Waals surface area (Å²) < 4.78 is 0. The summed E-state index contributed by atoms with van der Waals surface area (Å²) >= 11 is 0. The van der Waals surface area contributed by atoms with Gasteiger partial charge in [0.25, 0.3) is 0 Å². The second-order valence-corrected chi connectivity index (χ2v) is 6.63. The monoisotopic (exact) mass is 274 g/mol. The van der Waals surface area contributed by atoms with Crippen LogP contribution >= 0.6 is 0 Å². The third-order valence-electron chi connectivity index (χ3n) is 4.21. The van der Waals surface area contributed by atoms with Crippen LogP contribution in [0.4, 0.5) is 0 Å². The maximum absolute atomic E-state index is 11.7. The van der Waals surface area contributed by atoms with Crippen LogP contribution in [0.1, 0.15) is 38.8 Å². The highest BCUT2D eigenvalue weighted by atomic mass is 16.1. The lowest BCUT2D eigenvalue weighted by Crippen LogP contribution is -2.53. The standard InChI is InChI=1S/C17H26N2O/c1-13(2)16(20)18-12-17(3,4)19-10-9-14-7-5-6-8-15(14)11-19/h5-8,13H,9-12H2,1-4H3,(H,18,20). The zero-order valence-electron chi connectivity index (χ0n) is 13.1. The van der Waals surface area contributed by atoms with E-state index in [4.69, 9.17) is 0 Å². The smallest absolute Gasteiger partial charge is 0.222 e.